The average Bonchev–Trinajstić information content (AvgIpc) is 2.55. The molecule has 2 aromatic rings. The Kier molecular flexibility index (Phi) is 5.80. The van der Waals surface area contributed by atoms with Gasteiger partial charge in [-0.25, -0.2) is 0 Å². The molecule has 0 bridgehead atoms. The molecule has 7 heteroatoms. The van der Waals surface area contributed by atoms with Crippen LogP contribution in [-0.4, -0.2) is 18.4 Å². The second kappa shape index (κ2) is 7.83. The first-order valence-corrected chi connectivity index (χ1v) is 7.54. The van der Waals surface area contributed by atoms with Gasteiger partial charge in [-0.05, 0) is 30.2 Å². The molecule has 2 rings (SSSR count). The van der Waals surface area contributed by atoms with Crippen molar-refractivity contribution in [3.05, 3.63) is 65.2 Å². The predicted octanol–water partition coefficient (Wildman–Crippen LogP) is 3.31. The molecular weight excluding hydrogens is 333 g/mol. The number of hydrogen-bond acceptors (Lipinski definition) is 2. The van der Waals surface area contributed by atoms with E-state index in [0.29, 0.717) is 0 Å². The van der Waals surface area contributed by atoms with E-state index in [-0.39, 0.29) is 30.1 Å². The molecule has 0 heterocycles. The second-order valence-corrected chi connectivity index (χ2v) is 5.51. The molecular formula is C18H17F3N2O2. The Labute approximate surface area is 143 Å². The van der Waals surface area contributed by atoms with Crippen LogP contribution >= 0.6 is 0 Å². The highest BCUT2D eigenvalue weighted by atomic mass is 19.4. The second-order valence-electron chi connectivity index (χ2n) is 5.51. The Morgan fingerprint density at radius 2 is 1.68 bits per heavy atom. The highest BCUT2D eigenvalue weighted by molar-refractivity contribution is 5.94. The molecule has 0 atom stereocenters. The number of hydrogen-bond donors (Lipinski definition) is 2. The van der Waals surface area contributed by atoms with E-state index in [9.17, 15) is 22.8 Å². The highest BCUT2D eigenvalue weighted by Crippen LogP contribution is 2.33. The number of nitrogens with one attached hydrogen (secondary N) is 2. The van der Waals surface area contributed by atoms with E-state index in [1.807, 2.05) is 6.07 Å². The SMILES string of the molecule is Cc1ccc(NC(=O)CNC(=O)Cc2ccccc2)cc1C(F)(F)F. The van der Waals surface area contributed by atoms with Crippen LogP contribution in [0.25, 0.3) is 0 Å². The minimum absolute atomic E-state index is 0.0280. The number of carbonyl (C=O) groups is 2. The maximum absolute atomic E-state index is 12.9. The van der Waals surface area contributed by atoms with Gasteiger partial charge in [0.1, 0.15) is 0 Å². The maximum Gasteiger partial charge on any atom is 0.416 e. The Balaban J connectivity index is 1.89. The zero-order valence-corrected chi connectivity index (χ0v) is 13.5. The van der Waals surface area contributed by atoms with Crippen LogP contribution in [0.15, 0.2) is 48.5 Å². The van der Waals surface area contributed by atoms with Gasteiger partial charge in [-0.15, -0.1) is 0 Å². The molecule has 0 aromatic heterocycles. The summed E-state index contributed by atoms with van der Waals surface area (Å²) in [6.45, 7) is 1.03. The Hall–Kier alpha value is -2.83. The number of alkyl halides is 3. The van der Waals surface area contributed by atoms with E-state index < -0.39 is 17.6 Å². The number of aryl methyl sites for hydroxylation is 1. The Bertz CT molecular complexity index is 759. The van der Waals surface area contributed by atoms with Crippen LogP contribution in [0, 0.1) is 6.92 Å². The van der Waals surface area contributed by atoms with Crippen LogP contribution in [0.5, 0.6) is 0 Å². The van der Waals surface area contributed by atoms with Gasteiger partial charge in [0, 0.05) is 5.69 Å². The minimum atomic E-state index is -4.49. The lowest BCUT2D eigenvalue weighted by Crippen LogP contribution is -2.33. The van der Waals surface area contributed by atoms with Gasteiger partial charge < -0.3 is 10.6 Å². The monoisotopic (exact) mass is 350 g/mol. The van der Waals surface area contributed by atoms with Crippen molar-refractivity contribution < 1.29 is 22.8 Å². The predicted molar refractivity (Wildman–Crippen MR) is 88.0 cm³/mol. The smallest absolute Gasteiger partial charge is 0.347 e. The third-order valence-electron chi connectivity index (χ3n) is 3.48. The topological polar surface area (TPSA) is 58.2 Å². The number of carbonyl (C=O) groups excluding carboxylic acids is 2. The summed E-state index contributed by atoms with van der Waals surface area (Å²) in [5.41, 5.74) is 0.0917. The lowest BCUT2D eigenvalue weighted by molar-refractivity contribution is -0.138. The quantitative estimate of drug-likeness (QED) is 0.869. The molecule has 0 spiro atoms. The van der Waals surface area contributed by atoms with E-state index in [0.717, 1.165) is 11.6 Å². The van der Waals surface area contributed by atoms with Crippen molar-refractivity contribution in [2.75, 3.05) is 11.9 Å². The zero-order valence-electron chi connectivity index (χ0n) is 13.5. The van der Waals surface area contributed by atoms with E-state index in [1.54, 1.807) is 24.3 Å². The Morgan fingerprint density at radius 3 is 2.32 bits per heavy atom. The van der Waals surface area contributed by atoms with Crippen LogP contribution in [0.4, 0.5) is 18.9 Å². The molecule has 25 heavy (non-hydrogen) atoms. The fraction of sp³-hybridized carbons (Fsp3) is 0.222. The summed E-state index contributed by atoms with van der Waals surface area (Å²) in [7, 11) is 0. The molecule has 0 radical (unpaired) electrons. The first-order valence-electron chi connectivity index (χ1n) is 7.54. The fourth-order valence-electron chi connectivity index (χ4n) is 2.23. The van der Waals surface area contributed by atoms with Crippen LogP contribution in [0.1, 0.15) is 16.7 Å². The molecule has 0 fully saturated rings. The molecule has 0 saturated carbocycles. The van der Waals surface area contributed by atoms with E-state index in [1.165, 1.54) is 19.1 Å². The van der Waals surface area contributed by atoms with E-state index in [4.69, 9.17) is 0 Å². The van der Waals surface area contributed by atoms with E-state index >= 15 is 0 Å². The molecule has 0 saturated heterocycles. The third-order valence-corrected chi connectivity index (χ3v) is 3.48. The molecule has 2 N–H and O–H groups in total. The van der Waals surface area contributed by atoms with Gasteiger partial charge in [0.05, 0.1) is 18.5 Å². The van der Waals surface area contributed by atoms with Crippen molar-refractivity contribution in [2.24, 2.45) is 0 Å². The summed E-state index contributed by atoms with van der Waals surface area (Å²) in [4.78, 5) is 23.6. The van der Waals surface area contributed by atoms with Crippen molar-refractivity contribution in [1.29, 1.82) is 0 Å². The highest BCUT2D eigenvalue weighted by Gasteiger charge is 2.32. The van der Waals surface area contributed by atoms with Gasteiger partial charge in [-0.2, -0.15) is 13.2 Å². The molecule has 132 valence electrons. The van der Waals surface area contributed by atoms with Gasteiger partial charge in [0.25, 0.3) is 0 Å². The first-order chi connectivity index (χ1) is 11.8. The number of halogens is 3. The maximum atomic E-state index is 12.9. The largest absolute Gasteiger partial charge is 0.416 e. The summed E-state index contributed by atoms with van der Waals surface area (Å²) in [6, 6.07) is 12.5. The lowest BCUT2D eigenvalue weighted by Gasteiger charge is -2.13. The normalized spacial score (nSPS) is 11.0. The summed E-state index contributed by atoms with van der Waals surface area (Å²) in [5, 5.41) is 4.78. The van der Waals surface area contributed by atoms with Crippen molar-refractivity contribution in [3.63, 3.8) is 0 Å². The molecule has 0 aliphatic heterocycles. The van der Waals surface area contributed by atoms with Gasteiger partial charge >= 0.3 is 6.18 Å². The van der Waals surface area contributed by atoms with Crippen LogP contribution in [0.3, 0.4) is 0 Å². The van der Waals surface area contributed by atoms with E-state index in [2.05, 4.69) is 10.6 Å². The van der Waals surface area contributed by atoms with Crippen LogP contribution in [-0.2, 0) is 22.2 Å². The zero-order chi connectivity index (χ0) is 18.4. The first kappa shape index (κ1) is 18.5. The number of anilines is 1. The molecule has 0 unspecified atom stereocenters. The van der Waals surface area contributed by atoms with Crippen molar-refractivity contribution in [1.82, 2.24) is 5.32 Å². The number of rotatable bonds is 5. The lowest BCUT2D eigenvalue weighted by atomic mass is 10.1. The molecule has 2 amide bonds. The van der Waals surface area contributed by atoms with Crippen molar-refractivity contribution in [2.45, 2.75) is 19.5 Å². The molecule has 0 aliphatic rings. The van der Waals surface area contributed by atoms with Crippen LogP contribution in [0.2, 0.25) is 0 Å². The molecule has 0 aliphatic carbocycles. The van der Waals surface area contributed by atoms with Crippen molar-refractivity contribution in [3.8, 4) is 0 Å². The average molecular weight is 350 g/mol. The van der Waals surface area contributed by atoms with Gasteiger partial charge in [-0.3, -0.25) is 9.59 Å². The molecule has 4 nitrogen and oxygen atoms in total. The fourth-order valence-corrected chi connectivity index (χ4v) is 2.23. The van der Waals surface area contributed by atoms with Crippen molar-refractivity contribution >= 4 is 17.5 Å². The Morgan fingerprint density at radius 1 is 1.00 bits per heavy atom. The summed E-state index contributed by atoms with van der Waals surface area (Å²) < 4.78 is 38.6. The summed E-state index contributed by atoms with van der Waals surface area (Å²) in [5.74, 6) is -0.945. The standard InChI is InChI=1S/C18H17F3N2O2/c1-12-7-8-14(10-15(12)18(19,20)21)23-17(25)11-22-16(24)9-13-5-3-2-4-6-13/h2-8,10H,9,11H2,1H3,(H,22,24)(H,23,25). The van der Waals surface area contributed by atoms with Gasteiger partial charge in [-0.1, -0.05) is 36.4 Å². The number of benzene rings is 2. The third kappa shape index (κ3) is 5.63. The minimum Gasteiger partial charge on any atom is -0.347 e. The summed E-state index contributed by atoms with van der Waals surface area (Å²) >= 11 is 0. The molecule has 2 aromatic carbocycles. The van der Waals surface area contributed by atoms with Crippen LogP contribution < -0.4 is 10.6 Å². The van der Waals surface area contributed by atoms with Gasteiger partial charge in [0.2, 0.25) is 11.8 Å². The van der Waals surface area contributed by atoms with Gasteiger partial charge in [0.15, 0.2) is 0 Å². The number of amides is 2. The summed E-state index contributed by atoms with van der Waals surface area (Å²) in [6.07, 6.45) is -4.37.